The number of carbonyl (C=O) groups excluding carboxylic acids is 1. The van der Waals surface area contributed by atoms with E-state index >= 15 is 0 Å². The van der Waals surface area contributed by atoms with Crippen molar-refractivity contribution < 1.29 is 24.1 Å². The number of hydrogen-bond acceptors (Lipinski definition) is 5. The van der Waals surface area contributed by atoms with Gasteiger partial charge in [0.2, 0.25) is 6.79 Å². The average molecular weight is 330 g/mol. The van der Waals surface area contributed by atoms with E-state index in [-0.39, 0.29) is 18.6 Å². The topological polar surface area (TPSA) is 89.1 Å². The third-order valence-electron chi connectivity index (χ3n) is 3.37. The van der Waals surface area contributed by atoms with Gasteiger partial charge in [0.1, 0.15) is 11.5 Å². The molecule has 0 bridgehead atoms. The molecule has 3 rings (SSSR count). The largest absolute Gasteiger partial charge is 0.508 e. The highest BCUT2D eigenvalue weighted by Crippen LogP contribution is 2.32. The van der Waals surface area contributed by atoms with E-state index < -0.39 is 6.23 Å². The highest BCUT2D eigenvalue weighted by atomic mass is 16.7. The van der Waals surface area contributed by atoms with E-state index in [1.807, 2.05) is 18.2 Å². The van der Waals surface area contributed by atoms with Gasteiger partial charge in [-0.3, -0.25) is 0 Å². The molecule has 0 saturated carbocycles. The van der Waals surface area contributed by atoms with Crippen LogP contribution in [0.5, 0.6) is 23.0 Å². The van der Waals surface area contributed by atoms with E-state index in [0.717, 1.165) is 5.56 Å². The van der Waals surface area contributed by atoms with Crippen molar-refractivity contribution in [2.24, 2.45) is 0 Å². The molecule has 1 unspecified atom stereocenters. The standard InChI is InChI=1S/C17H18N2O5/c1-11(24-14-5-3-13(20)4-6-14)19-17(21)18-9-12-2-7-15-16(8-12)23-10-22-15/h2-8,11,20H,9-10H2,1H3,(H2,18,19,21). The smallest absolute Gasteiger partial charge is 0.317 e. The van der Waals surface area contributed by atoms with E-state index in [9.17, 15) is 9.90 Å². The number of amides is 2. The average Bonchev–Trinajstić information content (AvgIpc) is 3.02. The van der Waals surface area contributed by atoms with Crippen LogP contribution in [0.2, 0.25) is 0 Å². The highest BCUT2D eigenvalue weighted by molar-refractivity contribution is 5.74. The van der Waals surface area contributed by atoms with Crippen LogP contribution < -0.4 is 24.8 Å². The molecule has 0 aliphatic carbocycles. The number of rotatable bonds is 5. The molecule has 3 N–H and O–H groups in total. The lowest BCUT2D eigenvalue weighted by Crippen LogP contribution is -2.43. The molecule has 0 aromatic heterocycles. The van der Waals surface area contributed by atoms with Crippen molar-refractivity contribution >= 4 is 6.03 Å². The van der Waals surface area contributed by atoms with Crippen LogP contribution in [0.1, 0.15) is 12.5 Å². The Morgan fingerprint density at radius 2 is 1.96 bits per heavy atom. The number of phenols is 1. The van der Waals surface area contributed by atoms with E-state index in [1.54, 1.807) is 19.1 Å². The highest BCUT2D eigenvalue weighted by Gasteiger charge is 2.14. The van der Waals surface area contributed by atoms with Crippen LogP contribution >= 0.6 is 0 Å². The van der Waals surface area contributed by atoms with Crippen molar-refractivity contribution in [1.29, 1.82) is 0 Å². The number of phenolic OH excluding ortho intramolecular Hbond substituents is 1. The third kappa shape index (κ3) is 4.01. The van der Waals surface area contributed by atoms with Gasteiger partial charge < -0.3 is 30.0 Å². The number of carbonyl (C=O) groups is 1. The summed E-state index contributed by atoms with van der Waals surface area (Å²) in [5.41, 5.74) is 0.904. The summed E-state index contributed by atoms with van der Waals surface area (Å²) in [5, 5.41) is 14.6. The first-order valence-electron chi connectivity index (χ1n) is 7.49. The van der Waals surface area contributed by atoms with Crippen molar-refractivity contribution in [3.05, 3.63) is 48.0 Å². The number of urea groups is 1. The zero-order chi connectivity index (χ0) is 16.9. The van der Waals surface area contributed by atoms with E-state index in [4.69, 9.17) is 14.2 Å². The fourth-order valence-corrected chi connectivity index (χ4v) is 2.23. The molecular weight excluding hydrogens is 312 g/mol. The maximum Gasteiger partial charge on any atom is 0.317 e. The third-order valence-corrected chi connectivity index (χ3v) is 3.37. The predicted octanol–water partition coefficient (Wildman–Crippen LogP) is 2.35. The van der Waals surface area contributed by atoms with Gasteiger partial charge in [0.05, 0.1) is 0 Å². The zero-order valence-corrected chi connectivity index (χ0v) is 13.1. The van der Waals surface area contributed by atoms with E-state index in [2.05, 4.69) is 10.6 Å². The summed E-state index contributed by atoms with van der Waals surface area (Å²) in [5.74, 6) is 2.10. The fourth-order valence-electron chi connectivity index (χ4n) is 2.23. The van der Waals surface area contributed by atoms with Crippen LogP contribution in [0.25, 0.3) is 0 Å². The molecule has 126 valence electrons. The molecular formula is C17H18N2O5. The summed E-state index contributed by atoms with van der Waals surface area (Å²) in [6.07, 6.45) is -0.522. The van der Waals surface area contributed by atoms with Crippen molar-refractivity contribution in [3.63, 3.8) is 0 Å². The van der Waals surface area contributed by atoms with Crippen molar-refractivity contribution in [2.45, 2.75) is 19.7 Å². The van der Waals surface area contributed by atoms with E-state index in [1.165, 1.54) is 12.1 Å². The summed E-state index contributed by atoms with van der Waals surface area (Å²) in [6.45, 7) is 2.29. The fraction of sp³-hybridized carbons (Fsp3) is 0.235. The van der Waals surface area contributed by atoms with Gasteiger partial charge in [-0.1, -0.05) is 6.07 Å². The SMILES string of the molecule is CC(NC(=O)NCc1ccc2c(c1)OCO2)Oc1ccc(O)cc1. The maximum absolute atomic E-state index is 11.9. The minimum absolute atomic E-state index is 0.157. The molecule has 2 aromatic rings. The monoisotopic (exact) mass is 330 g/mol. The molecule has 7 nitrogen and oxygen atoms in total. The quantitative estimate of drug-likeness (QED) is 0.732. The lowest BCUT2D eigenvalue weighted by molar-refractivity contribution is 0.173. The van der Waals surface area contributed by atoms with Gasteiger partial charge in [-0.2, -0.15) is 0 Å². The molecule has 1 heterocycles. The summed E-state index contributed by atoms with van der Waals surface area (Å²) in [4.78, 5) is 11.9. The zero-order valence-electron chi connectivity index (χ0n) is 13.1. The van der Waals surface area contributed by atoms with Crippen LogP contribution in [0.15, 0.2) is 42.5 Å². The number of benzene rings is 2. The number of hydrogen-bond donors (Lipinski definition) is 3. The Morgan fingerprint density at radius 1 is 1.21 bits per heavy atom. The predicted molar refractivity (Wildman–Crippen MR) is 86.1 cm³/mol. The lowest BCUT2D eigenvalue weighted by Gasteiger charge is -2.17. The van der Waals surface area contributed by atoms with Gasteiger partial charge in [0, 0.05) is 6.54 Å². The van der Waals surface area contributed by atoms with Gasteiger partial charge >= 0.3 is 6.03 Å². The maximum atomic E-state index is 11.9. The minimum atomic E-state index is -0.522. The molecule has 0 radical (unpaired) electrons. The first-order chi connectivity index (χ1) is 11.6. The molecule has 1 atom stereocenters. The Balaban J connectivity index is 1.46. The Kier molecular flexibility index (Phi) is 4.60. The Labute approximate surface area is 139 Å². The summed E-state index contributed by atoms with van der Waals surface area (Å²) < 4.78 is 16.1. The van der Waals surface area contributed by atoms with Crippen LogP contribution in [0.4, 0.5) is 4.79 Å². The molecule has 0 saturated heterocycles. The molecule has 0 fully saturated rings. The molecule has 2 amide bonds. The number of ether oxygens (including phenoxy) is 3. The van der Waals surface area contributed by atoms with Gasteiger partial charge in [-0.25, -0.2) is 4.79 Å². The second-order valence-corrected chi connectivity index (χ2v) is 5.27. The van der Waals surface area contributed by atoms with Gasteiger partial charge in [-0.15, -0.1) is 0 Å². The molecule has 7 heteroatoms. The summed E-state index contributed by atoms with van der Waals surface area (Å²) >= 11 is 0. The van der Waals surface area contributed by atoms with Crippen molar-refractivity contribution in [1.82, 2.24) is 10.6 Å². The first kappa shape index (κ1) is 15.8. The number of nitrogens with one attached hydrogen (secondary N) is 2. The minimum Gasteiger partial charge on any atom is -0.508 e. The molecule has 24 heavy (non-hydrogen) atoms. The number of aromatic hydroxyl groups is 1. The normalized spacial score (nSPS) is 13.2. The van der Waals surface area contributed by atoms with Crippen LogP contribution in [0, 0.1) is 0 Å². The summed E-state index contributed by atoms with van der Waals surface area (Å²) in [6, 6.07) is 11.4. The second-order valence-electron chi connectivity index (χ2n) is 5.27. The van der Waals surface area contributed by atoms with Crippen LogP contribution in [0.3, 0.4) is 0 Å². The van der Waals surface area contributed by atoms with Crippen LogP contribution in [-0.2, 0) is 6.54 Å². The van der Waals surface area contributed by atoms with Gasteiger partial charge in [0.25, 0.3) is 0 Å². The van der Waals surface area contributed by atoms with Crippen molar-refractivity contribution in [3.8, 4) is 23.0 Å². The van der Waals surface area contributed by atoms with E-state index in [0.29, 0.717) is 23.8 Å². The van der Waals surface area contributed by atoms with Crippen molar-refractivity contribution in [2.75, 3.05) is 6.79 Å². The Morgan fingerprint density at radius 3 is 2.75 bits per heavy atom. The Bertz CT molecular complexity index is 717. The van der Waals surface area contributed by atoms with Crippen LogP contribution in [-0.4, -0.2) is 24.2 Å². The molecule has 1 aliphatic rings. The second kappa shape index (κ2) is 6.99. The van der Waals surface area contributed by atoms with Gasteiger partial charge in [-0.05, 0) is 48.9 Å². The number of fused-ring (bicyclic) bond motifs is 1. The molecule has 2 aromatic carbocycles. The molecule has 0 spiro atoms. The first-order valence-corrected chi connectivity index (χ1v) is 7.49. The summed E-state index contributed by atoms with van der Waals surface area (Å²) in [7, 11) is 0. The van der Waals surface area contributed by atoms with Gasteiger partial charge in [0.15, 0.2) is 17.7 Å². The Hall–Kier alpha value is -3.09. The molecule has 1 aliphatic heterocycles. The lowest BCUT2D eigenvalue weighted by atomic mass is 10.2.